The molecule has 27 heavy (non-hydrogen) atoms. The van der Waals surface area contributed by atoms with Crippen LogP contribution in [0.4, 0.5) is 4.39 Å². The van der Waals surface area contributed by atoms with Gasteiger partial charge in [0.05, 0.1) is 12.3 Å². The van der Waals surface area contributed by atoms with Crippen molar-refractivity contribution in [2.75, 3.05) is 21.2 Å². The first-order valence-corrected chi connectivity index (χ1v) is 9.06. The van der Waals surface area contributed by atoms with Gasteiger partial charge in [0.25, 0.3) is 0 Å². The molecule has 0 saturated heterocycles. The molecule has 0 fully saturated rings. The Balaban J connectivity index is 2.04. The highest BCUT2D eigenvalue weighted by atomic mass is 19.1. The van der Waals surface area contributed by atoms with Crippen molar-refractivity contribution in [3.8, 4) is 0 Å². The van der Waals surface area contributed by atoms with E-state index >= 15 is 0 Å². The lowest BCUT2D eigenvalue weighted by atomic mass is 10.1. The topological polar surface area (TPSA) is 54.7 Å². The number of aryl methyl sites for hydroxylation is 1. The summed E-state index contributed by atoms with van der Waals surface area (Å²) in [6, 6.07) is 5.06. The van der Waals surface area contributed by atoms with Gasteiger partial charge in [-0.1, -0.05) is 19.9 Å². The second-order valence-corrected chi connectivity index (χ2v) is 6.98. The van der Waals surface area contributed by atoms with E-state index in [2.05, 4.69) is 40.4 Å². The van der Waals surface area contributed by atoms with Crippen molar-refractivity contribution < 1.29 is 9.13 Å². The number of nitrogens with zero attached hydrogens (tertiary/aromatic N) is 4. The molecule has 0 aliphatic rings. The quantitative estimate of drug-likeness (QED) is 0.597. The molecule has 0 atom stereocenters. The summed E-state index contributed by atoms with van der Waals surface area (Å²) in [5, 5.41) is 7.90. The first kappa shape index (κ1) is 20.9. The standard InChI is InChI=1S/C20H30FN5O/c1-14(2)19-17(12-26(5)24-19)11-25(4)20(22-3)23-10-15-7-8-18(21)16(9-15)13-27-6/h7-9,12,14H,10-11,13H2,1-6H3,(H,22,23). The number of benzene rings is 1. The van der Waals surface area contributed by atoms with Crippen LogP contribution in [0.25, 0.3) is 0 Å². The van der Waals surface area contributed by atoms with Crippen molar-refractivity contribution in [2.45, 2.75) is 39.5 Å². The molecule has 0 unspecified atom stereocenters. The van der Waals surface area contributed by atoms with Gasteiger partial charge in [0.15, 0.2) is 5.96 Å². The zero-order chi connectivity index (χ0) is 20.0. The van der Waals surface area contributed by atoms with Gasteiger partial charge < -0.3 is 15.0 Å². The molecule has 1 aromatic heterocycles. The fraction of sp³-hybridized carbons (Fsp3) is 0.500. The van der Waals surface area contributed by atoms with E-state index in [1.807, 2.05) is 24.8 Å². The summed E-state index contributed by atoms with van der Waals surface area (Å²) in [5.74, 6) is 0.883. The van der Waals surface area contributed by atoms with Gasteiger partial charge in [0.2, 0.25) is 0 Å². The van der Waals surface area contributed by atoms with Crippen molar-refractivity contribution in [2.24, 2.45) is 12.0 Å². The molecule has 1 aromatic carbocycles. The van der Waals surface area contributed by atoms with Gasteiger partial charge in [0.1, 0.15) is 5.82 Å². The summed E-state index contributed by atoms with van der Waals surface area (Å²) >= 11 is 0. The number of hydrogen-bond acceptors (Lipinski definition) is 3. The highest BCUT2D eigenvalue weighted by molar-refractivity contribution is 5.79. The number of rotatable bonds is 7. The lowest BCUT2D eigenvalue weighted by Gasteiger charge is -2.22. The number of methoxy groups -OCH3 is 1. The molecular formula is C20H30FN5O. The van der Waals surface area contributed by atoms with Crippen LogP contribution in [0.3, 0.4) is 0 Å². The Morgan fingerprint density at radius 1 is 1.37 bits per heavy atom. The third-order valence-electron chi connectivity index (χ3n) is 4.33. The molecule has 2 aromatic rings. The van der Waals surface area contributed by atoms with E-state index in [4.69, 9.17) is 4.74 Å². The lowest BCUT2D eigenvalue weighted by Crippen LogP contribution is -2.38. The Hall–Kier alpha value is -2.41. The van der Waals surface area contributed by atoms with Crippen LogP contribution in [0.2, 0.25) is 0 Å². The van der Waals surface area contributed by atoms with Gasteiger partial charge in [-0.15, -0.1) is 0 Å². The van der Waals surface area contributed by atoms with Crippen molar-refractivity contribution in [3.05, 3.63) is 52.6 Å². The maximum absolute atomic E-state index is 13.8. The Kier molecular flexibility index (Phi) is 7.36. The molecule has 0 bridgehead atoms. The molecule has 2 rings (SSSR count). The van der Waals surface area contributed by atoms with Gasteiger partial charge in [0, 0.05) is 58.7 Å². The minimum Gasteiger partial charge on any atom is -0.380 e. The Morgan fingerprint density at radius 3 is 2.74 bits per heavy atom. The van der Waals surface area contributed by atoms with Crippen LogP contribution in [0.1, 0.15) is 42.1 Å². The van der Waals surface area contributed by atoms with E-state index in [0.717, 1.165) is 17.2 Å². The summed E-state index contributed by atoms with van der Waals surface area (Å²) in [6.45, 7) is 5.81. The van der Waals surface area contributed by atoms with Crippen LogP contribution in [0.5, 0.6) is 0 Å². The summed E-state index contributed by atoms with van der Waals surface area (Å²) < 4.78 is 20.7. The van der Waals surface area contributed by atoms with Gasteiger partial charge >= 0.3 is 0 Å². The molecule has 0 radical (unpaired) electrons. The Bertz CT molecular complexity index is 785. The fourth-order valence-corrected chi connectivity index (χ4v) is 3.06. The zero-order valence-electron chi connectivity index (χ0n) is 17.1. The summed E-state index contributed by atoms with van der Waals surface area (Å²) in [5.41, 5.74) is 3.81. The van der Waals surface area contributed by atoms with E-state index in [9.17, 15) is 4.39 Å². The fourth-order valence-electron chi connectivity index (χ4n) is 3.06. The van der Waals surface area contributed by atoms with Crippen molar-refractivity contribution in [1.82, 2.24) is 20.0 Å². The molecular weight excluding hydrogens is 345 g/mol. The predicted octanol–water partition coefficient (Wildman–Crippen LogP) is 3.04. The number of aromatic nitrogens is 2. The minimum atomic E-state index is -0.250. The normalized spacial score (nSPS) is 11.9. The van der Waals surface area contributed by atoms with E-state index in [0.29, 0.717) is 24.6 Å². The molecule has 0 aliphatic carbocycles. The first-order valence-electron chi connectivity index (χ1n) is 9.06. The van der Waals surface area contributed by atoms with Crippen LogP contribution < -0.4 is 5.32 Å². The predicted molar refractivity (Wildman–Crippen MR) is 106 cm³/mol. The van der Waals surface area contributed by atoms with Crippen LogP contribution in [-0.2, 0) is 31.5 Å². The van der Waals surface area contributed by atoms with Gasteiger partial charge in [-0.3, -0.25) is 9.67 Å². The smallest absolute Gasteiger partial charge is 0.193 e. The molecule has 1 N–H and O–H groups in total. The average molecular weight is 375 g/mol. The molecule has 148 valence electrons. The van der Waals surface area contributed by atoms with Gasteiger partial charge in [-0.05, 0) is 23.6 Å². The van der Waals surface area contributed by atoms with Crippen LogP contribution >= 0.6 is 0 Å². The first-order chi connectivity index (χ1) is 12.8. The summed E-state index contributed by atoms with van der Waals surface area (Å²) in [4.78, 5) is 6.42. The molecule has 1 heterocycles. The molecule has 0 spiro atoms. The molecule has 0 amide bonds. The van der Waals surface area contributed by atoms with Crippen LogP contribution in [0.15, 0.2) is 29.4 Å². The highest BCUT2D eigenvalue weighted by Gasteiger charge is 2.15. The molecule has 0 aliphatic heterocycles. The Morgan fingerprint density at radius 2 is 2.11 bits per heavy atom. The second-order valence-electron chi connectivity index (χ2n) is 6.98. The van der Waals surface area contributed by atoms with Crippen LogP contribution in [0, 0.1) is 5.82 Å². The van der Waals surface area contributed by atoms with Crippen molar-refractivity contribution >= 4 is 5.96 Å². The maximum Gasteiger partial charge on any atom is 0.193 e. The SMILES string of the molecule is CN=C(NCc1ccc(F)c(COC)c1)N(C)Cc1cn(C)nc1C(C)C. The molecule has 0 saturated carbocycles. The number of ether oxygens (including phenoxy) is 1. The third-order valence-corrected chi connectivity index (χ3v) is 4.33. The number of nitrogens with one attached hydrogen (secondary N) is 1. The molecule has 6 nitrogen and oxygen atoms in total. The van der Waals surface area contributed by atoms with E-state index < -0.39 is 0 Å². The van der Waals surface area contributed by atoms with Crippen molar-refractivity contribution in [1.29, 1.82) is 0 Å². The number of halogens is 1. The number of hydrogen-bond donors (Lipinski definition) is 1. The highest BCUT2D eigenvalue weighted by Crippen LogP contribution is 2.18. The Labute approximate surface area is 161 Å². The summed E-state index contributed by atoms with van der Waals surface area (Å²) in [6.07, 6.45) is 2.05. The van der Waals surface area contributed by atoms with E-state index in [1.54, 1.807) is 20.2 Å². The maximum atomic E-state index is 13.8. The summed E-state index contributed by atoms with van der Waals surface area (Å²) in [7, 11) is 7.25. The largest absolute Gasteiger partial charge is 0.380 e. The monoisotopic (exact) mass is 375 g/mol. The van der Waals surface area contributed by atoms with Crippen LogP contribution in [-0.4, -0.2) is 41.8 Å². The average Bonchev–Trinajstić information content (AvgIpc) is 2.99. The minimum absolute atomic E-state index is 0.250. The lowest BCUT2D eigenvalue weighted by molar-refractivity contribution is 0.181. The van der Waals surface area contributed by atoms with Crippen molar-refractivity contribution in [3.63, 3.8) is 0 Å². The van der Waals surface area contributed by atoms with Gasteiger partial charge in [-0.2, -0.15) is 5.10 Å². The van der Waals surface area contributed by atoms with E-state index in [1.165, 1.54) is 11.6 Å². The number of guanidine groups is 1. The third kappa shape index (κ3) is 5.53. The second kappa shape index (κ2) is 9.50. The van der Waals surface area contributed by atoms with E-state index in [-0.39, 0.29) is 12.4 Å². The zero-order valence-corrected chi connectivity index (χ0v) is 17.1. The van der Waals surface area contributed by atoms with Gasteiger partial charge in [-0.25, -0.2) is 4.39 Å². The molecule has 7 heteroatoms. The number of aliphatic imine (C=N–C) groups is 1.